The summed E-state index contributed by atoms with van der Waals surface area (Å²) < 4.78 is 6.49. The first-order valence-corrected chi connectivity index (χ1v) is 10.1. The molecule has 2 aromatic heterocycles. The molecule has 2 aromatic rings. The molecule has 1 atom stereocenters. The maximum absolute atomic E-state index is 12.5. The smallest absolute Gasteiger partial charge is 0.339 e. The summed E-state index contributed by atoms with van der Waals surface area (Å²) in [4.78, 5) is 21.2. The molecule has 8 heteroatoms. The number of aromatic nitrogens is 2. The second-order valence-corrected chi connectivity index (χ2v) is 7.81. The Balaban J connectivity index is 1.24. The van der Waals surface area contributed by atoms with Gasteiger partial charge in [0.05, 0.1) is 18.7 Å². The fourth-order valence-electron chi connectivity index (χ4n) is 4.17. The number of amides is 1. The van der Waals surface area contributed by atoms with Gasteiger partial charge in [-0.25, -0.2) is 9.78 Å². The highest BCUT2D eigenvalue weighted by atomic mass is 16.6. The molecule has 0 aliphatic carbocycles. The van der Waals surface area contributed by atoms with E-state index in [2.05, 4.69) is 44.7 Å². The van der Waals surface area contributed by atoms with Crippen molar-refractivity contribution in [2.75, 3.05) is 63.9 Å². The van der Waals surface area contributed by atoms with E-state index in [9.17, 15) is 10.0 Å². The van der Waals surface area contributed by atoms with E-state index in [1.54, 1.807) is 0 Å². The molecule has 0 N–H and O–H groups in total. The molecule has 4 rings (SSSR count). The van der Waals surface area contributed by atoms with E-state index < -0.39 is 4.65 Å². The summed E-state index contributed by atoms with van der Waals surface area (Å²) in [5.74, 6) is 0.740. The summed E-state index contributed by atoms with van der Waals surface area (Å²) in [6, 6.07) is 4.19. The Kier molecular flexibility index (Phi) is 5.63. The molecule has 0 spiro atoms. The number of morpholine rings is 1. The number of pyridine rings is 1. The molecule has 0 radical (unpaired) electrons. The lowest BCUT2D eigenvalue weighted by molar-refractivity contribution is -0.811. The van der Waals surface area contributed by atoms with Gasteiger partial charge in [0.2, 0.25) is 0 Å². The maximum Gasteiger partial charge on any atom is 0.339 e. The summed E-state index contributed by atoms with van der Waals surface area (Å²) in [5.41, 5.74) is 1.21. The molecule has 1 unspecified atom stereocenters. The average Bonchev–Trinajstić information content (AvgIpc) is 3.10. The van der Waals surface area contributed by atoms with E-state index in [1.165, 1.54) is 10.9 Å². The number of quaternary nitrogens is 1. The second-order valence-electron chi connectivity index (χ2n) is 7.81. The molecular formula is C20H29N5O3. The highest BCUT2D eigenvalue weighted by Crippen LogP contribution is 2.25. The van der Waals surface area contributed by atoms with E-state index in [1.807, 2.05) is 6.20 Å². The van der Waals surface area contributed by atoms with Gasteiger partial charge >= 0.3 is 5.91 Å². The third-order valence-electron chi connectivity index (χ3n) is 5.98. The fourth-order valence-corrected chi connectivity index (χ4v) is 4.17. The predicted octanol–water partition coefficient (Wildman–Crippen LogP) is 1.35. The van der Waals surface area contributed by atoms with Crippen LogP contribution >= 0.6 is 0 Å². The number of hydroxylamine groups is 3. The van der Waals surface area contributed by atoms with Crippen LogP contribution in [-0.4, -0.2) is 84.0 Å². The summed E-state index contributed by atoms with van der Waals surface area (Å²) in [7, 11) is 2.06. The zero-order valence-corrected chi connectivity index (χ0v) is 16.5. The fraction of sp³-hybridized carbons (Fsp3) is 0.600. The molecule has 152 valence electrons. The minimum absolute atomic E-state index is 0.0341. The van der Waals surface area contributed by atoms with Crippen molar-refractivity contribution in [3.63, 3.8) is 0 Å². The lowest BCUT2D eigenvalue weighted by atomic mass is 10.2. The van der Waals surface area contributed by atoms with E-state index in [0.29, 0.717) is 13.2 Å². The topological polar surface area (TPSA) is 73.7 Å². The van der Waals surface area contributed by atoms with Crippen molar-refractivity contribution in [1.82, 2.24) is 14.5 Å². The molecule has 2 saturated heterocycles. The summed E-state index contributed by atoms with van der Waals surface area (Å²) in [5, 5.41) is 13.7. The molecule has 2 aliphatic rings. The van der Waals surface area contributed by atoms with Crippen molar-refractivity contribution in [2.24, 2.45) is 7.05 Å². The Bertz CT molecular complexity index is 830. The summed E-state index contributed by atoms with van der Waals surface area (Å²) in [6.45, 7) is 5.87. The third-order valence-corrected chi connectivity index (χ3v) is 5.98. The Morgan fingerprint density at radius 3 is 2.82 bits per heavy atom. The van der Waals surface area contributed by atoms with Crippen molar-refractivity contribution in [3.8, 4) is 0 Å². The van der Waals surface area contributed by atoms with Crippen LogP contribution in [0.3, 0.4) is 0 Å². The zero-order chi connectivity index (χ0) is 19.6. The highest BCUT2D eigenvalue weighted by molar-refractivity contribution is 5.90. The Morgan fingerprint density at radius 1 is 1.21 bits per heavy atom. The van der Waals surface area contributed by atoms with Gasteiger partial charge in [-0.1, -0.05) is 0 Å². The molecule has 2 aliphatic heterocycles. The van der Waals surface area contributed by atoms with Crippen LogP contribution in [0.4, 0.5) is 5.82 Å². The van der Waals surface area contributed by atoms with Gasteiger partial charge in [-0.3, -0.25) is 9.55 Å². The predicted molar refractivity (Wildman–Crippen MR) is 108 cm³/mol. The Labute approximate surface area is 165 Å². The van der Waals surface area contributed by atoms with Crippen LogP contribution < -0.4 is 4.90 Å². The van der Waals surface area contributed by atoms with E-state index in [4.69, 9.17) is 4.74 Å². The van der Waals surface area contributed by atoms with Crippen molar-refractivity contribution in [2.45, 2.75) is 12.8 Å². The number of unbranched alkanes of at least 4 members (excludes halogenated alkanes) is 1. The SMILES string of the molecule is Cn1ccc2c(N3CCN(CCCC[N+]4([O-])CCOCC4=O)CC3)nccc21. The quantitative estimate of drug-likeness (QED) is 0.423. The minimum Gasteiger partial charge on any atom is -0.625 e. The number of nitrogens with zero attached hydrogens (tertiary/aromatic N) is 5. The third kappa shape index (κ3) is 3.91. The number of carbonyl (C=O) groups excluding carboxylic acids is 1. The van der Waals surface area contributed by atoms with Crippen molar-refractivity contribution < 1.29 is 14.2 Å². The number of ether oxygens (including phenoxy) is 1. The molecular weight excluding hydrogens is 358 g/mol. The first-order valence-electron chi connectivity index (χ1n) is 10.1. The summed E-state index contributed by atoms with van der Waals surface area (Å²) in [6.07, 6.45) is 5.69. The van der Waals surface area contributed by atoms with Crippen LogP contribution in [0.2, 0.25) is 0 Å². The van der Waals surface area contributed by atoms with Gasteiger partial charge in [0.1, 0.15) is 12.4 Å². The minimum atomic E-state index is -0.708. The van der Waals surface area contributed by atoms with Crippen LogP contribution in [0.25, 0.3) is 10.9 Å². The number of piperazine rings is 1. The van der Waals surface area contributed by atoms with Gasteiger partial charge in [-0.15, -0.1) is 0 Å². The first kappa shape index (κ1) is 19.3. The number of fused-ring (bicyclic) bond motifs is 1. The van der Waals surface area contributed by atoms with Gasteiger partial charge in [-0.2, -0.15) is 0 Å². The second kappa shape index (κ2) is 8.16. The highest BCUT2D eigenvalue weighted by Gasteiger charge is 2.30. The number of carbonyl (C=O) groups is 1. The number of aryl methyl sites for hydroxylation is 1. The van der Waals surface area contributed by atoms with Gasteiger partial charge in [0, 0.05) is 51.0 Å². The average molecular weight is 387 g/mol. The molecule has 0 saturated carbocycles. The largest absolute Gasteiger partial charge is 0.625 e. The standard InChI is InChI=1S/C20H29N5O3/c1-22-8-5-17-18(22)4-6-21-20(17)24-11-9-23(10-12-24)7-2-3-13-25(27)14-15-28-16-19(25)26/h4-6,8H,2-3,7,9-16H2,1H3. The van der Waals surface area contributed by atoms with E-state index in [-0.39, 0.29) is 19.1 Å². The lowest BCUT2D eigenvalue weighted by Crippen LogP contribution is -2.55. The maximum atomic E-state index is 12.5. The zero-order valence-electron chi connectivity index (χ0n) is 16.5. The van der Waals surface area contributed by atoms with Crippen LogP contribution in [0.5, 0.6) is 0 Å². The Morgan fingerprint density at radius 2 is 2.04 bits per heavy atom. The van der Waals surface area contributed by atoms with E-state index >= 15 is 0 Å². The van der Waals surface area contributed by atoms with Gasteiger partial charge in [0.25, 0.3) is 0 Å². The molecule has 0 bridgehead atoms. The van der Waals surface area contributed by atoms with Crippen molar-refractivity contribution in [3.05, 3.63) is 29.7 Å². The number of hydrogen-bond acceptors (Lipinski definition) is 6. The normalized spacial score (nSPS) is 24.2. The molecule has 1 amide bonds. The van der Waals surface area contributed by atoms with Gasteiger partial charge < -0.3 is 19.4 Å². The van der Waals surface area contributed by atoms with Gasteiger partial charge in [-0.05, 0) is 31.5 Å². The first-order chi connectivity index (χ1) is 13.6. The number of rotatable bonds is 6. The number of hydrogen-bond donors (Lipinski definition) is 0. The number of anilines is 1. The van der Waals surface area contributed by atoms with E-state index in [0.717, 1.165) is 51.4 Å². The van der Waals surface area contributed by atoms with Crippen LogP contribution in [-0.2, 0) is 16.6 Å². The molecule has 28 heavy (non-hydrogen) atoms. The van der Waals surface area contributed by atoms with Crippen LogP contribution in [0.15, 0.2) is 24.5 Å². The molecule has 8 nitrogen and oxygen atoms in total. The van der Waals surface area contributed by atoms with Crippen molar-refractivity contribution in [1.29, 1.82) is 0 Å². The molecule has 4 heterocycles. The van der Waals surface area contributed by atoms with Crippen molar-refractivity contribution >= 4 is 22.6 Å². The van der Waals surface area contributed by atoms with Crippen LogP contribution in [0, 0.1) is 5.21 Å². The summed E-state index contributed by atoms with van der Waals surface area (Å²) >= 11 is 0. The van der Waals surface area contributed by atoms with Gasteiger partial charge in [0.15, 0.2) is 6.61 Å². The molecule has 2 fully saturated rings. The Hall–Kier alpha value is -2.00. The molecule has 0 aromatic carbocycles. The monoisotopic (exact) mass is 387 g/mol. The lowest BCUT2D eigenvalue weighted by Gasteiger charge is -2.42. The van der Waals surface area contributed by atoms with Crippen LogP contribution in [0.1, 0.15) is 12.8 Å².